The van der Waals surface area contributed by atoms with Gasteiger partial charge in [-0.2, -0.15) is 0 Å². The van der Waals surface area contributed by atoms with Crippen molar-refractivity contribution in [2.75, 3.05) is 0 Å². The van der Waals surface area contributed by atoms with Crippen molar-refractivity contribution in [2.24, 2.45) is 5.92 Å². The number of carbonyl (C=O) groups excluding carboxylic acids is 1. The summed E-state index contributed by atoms with van der Waals surface area (Å²) < 4.78 is 5.13. The van der Waals surface area contributed by atoms with Crippen LogP contribution in [0, 0.1) is 5.92 Å². The Morgan fingerprint density at radius 1 is 1.50 bits per heavy atom. The summed E-state index contributed by atoms with van der Waals surface area (Å²) in [6.07, 6.45) is 8.74. The number of rotatable bonds is 5. The van der Waals surface area contributed by atoms with Crippen LogP contribution in [0.1, 0.15) is 46.5 Å². The number of ether oxygens (including phenoxy) is 1. The third kappa shape index (κ3) is 3.84. The molecule has 0 bridgehead atoms. The van der Waals surface area contributed by atoms with Gasteiger partial charge in [0.25, 0.3) is 6.47 Å². The van der Waals surface area contributed by atoms with Gasteiger partial charge in [0.15, 0.2) is 0 Å². The second-order valence-corrected chi connectivity index (χ2v) is 4.82. The van der Waals surface area contributed by atoms with Gasteiger partial charge in [0.2, 0.25) is 0 Å². The average molecular weight is 222 g/mol. The van der Waals surface area contributed by atoms with Crippen molar-refractivity contribution in [1.82, 2.24) is 0 Å². The van der Waals surface area contributed by atoms with E-state index in [2.05, 4.69) is 32.9 Å². The van der Waals surface area contributed by atoms with E-state index in [4.69, 9.17) is 4.74 Å². The molecule has 0 heterocycles. The van der Waals surface area contributed by atoms with Gasteiger partial charge in [-0.25, -0.2) is 0 Å². The molecule has 0 amide bonds. The monoisotopic (exact) mass is 222 g/mol. The van der Waals surface area contributed by atoms with Gasteiger partial charge < -0.3 is 4.74 Å². The van der Waals surface area contributed by atoms with Crippen LogP contribution in [0.2, 0.25) is 0 Å². The molecule has 0 aliphatic heterocycles. The molecule has 0 aromatic rings. The highest BCUT2D eigenvalue weighted by atomic mass is 16.5. The summed E-state index contributed by atoms with van der Waals surface area (Å²) in [5.41, 5.74) is 2.91. The molecular formula is C14H22O2. The molecule has 1 aliphatic rings. The Bertz CT molecular complexity index is 287. The zero-order valence-electron chi connectivity index (χ0n) is 10.5. The van der Waals surface area contributed by atoms with Gasteiger partial charge in [0.05, 0.1) is 0 Å². The molecule has 0 spiro atoms. The van der Waals surface area contributed by atoms with Crippen LogP contribution in [0.25, 0.3) is 0 Å². The van der Waals surface area contributed by atoms with Crippen molar-refractivity contribution in [3.05, 3.63) is 23.3 Å². The normalized spacial score (nSPS) is 20.8. The molecule has 0 saturated heterocycles. The van der Waals surface area contributed by atoms with Crippen molar-refractivity contribution in [3.63, 3.8) is 0 Å². The Labute approximate surface area is 98.4 Å². The molecule has 1 rings (SSSR count). The molecule has 90 valence electrons. The number of hydrogen-bond acceptors (Lipinski definition) is 2. The summed E-state index contributed by atoms with van der Waals surface area (Å²) in [6, 6.07) is 0. The van der Waals surface area contributed by atoms with Gasteiger partial charge in [-0.3, -0.25) is 4.79 Å². The van der Waals surface area contributed by atoms with Crippen LogP contribution in [0.5, 0.6) is 0 Å². The highest BCUT2D eigenvalue weighted by Gasteiger charge is 2.16. The lowest BCUT2D eigenvalue weighted by atomic mass is 9.91. The van der Waals surface area contributed by atoms with Crippen LogP contribution in [0.4, 0.5) is 0 Å². The lowest BCUT2D eigenvalue weighted by molar-refractivity contribution is -0.135. The minimum Gasteiger partial charge on any atom is -0.464 e. The van der Waals surface area contributed by atoms with E-state index in [1.165, 1.54) is 11.1 Å². The van der Waals surface area contributed by atoms with E-state index in [0.29, 0.717) is 12.4 Å². The zero-order valence-corrected chi connectivity index (χ0v) is 10.5. The molecule has 2 nitrogen and oxygen atoms in total. The molecule has 1 unspecified atom stereocenters. The first-order valence-corrected chi connectivity index (χ1v) is 6.06. The Kier molecular flexibility index (Phi) is 5.30. The molecule has 0 aromatic carbocycles. The first kappa shape index (κ1) is 13.0. The van der Waals surface area contributed by atoms with E-state index in [-0.39, 0.29) is 6.10 Å². The van der Waals surface area contributed by atoms with Crippen molar-refractivity contribution < 1.29 is 9.53 Å². The highest BCUT2D eigenvalue weighted by molar-refractivity contribution is 5.37. The molecule has 0 radical (unpaired) electrons. The van der Waals surface area contributed by atoms with Crippen LogP contribution < -0.4 is 0 Å². The second kappa shape index (κ2) is 6.51. The quantitative estimate of drug-likeness (QED) is 0.524. The maximum Gasteiger partial charge on any atom is 0.293 e. The van der Waals surface area contributed by atoms with Crippen LogP contribution in [-0.2, 0) is 9.53 Å². The number of carbonyl (C=O) groups is 1. The number of hydrogen-bond donors (Lipinski definition) is 0. The molecule has 16 heavy (non-hydrogen) atoms. The predicted octanol–water partition coefficient (Wildman–Crippen LogP) is 3.63. The molecule has 2 heteroatoms. The fourth-order valence-electron chi connectivity index (χ4n) is 2.05. The Morgan fingerprint density at radius 3 is 2.75 bits per heavy atom. The maximum atomic E-state index is 10.4. The van der Waals surface area contributed by atoms with Gasteiger partial charge >= 0.3 is 0 Å². The molecule has 0 saturated carbocycles. The Morgan fingerprint density at radius 2 is 2.25 bits per heavy atom. The molecular weight excluding hydrogens is 200 g/mol. The lowest BCUT2D eigenvalue weighted by Gasteiger charge is -2.21. The Balaban J connectivity index is 2.62. The van der Waals surface area contributed by atoms with Crippen molar-refractivity contribution in [3.8, 4) is 0 Å². The van der Waals surface area contributed by atoms with Crippen molar-refractivity contribution in [2.45, 2.75) is 52.6 Å². The fraction of sp³-hybridized carbons (Fsp3) is 0.643. The summed E-state index contributed by atoms with van der Waals surface area (Å²) in [4.78, 5) is 10.4. The summed E-state index contributed by atoms with van der Waals surface area (Å²) >= 11 is 0. The minimum absolute atomic E-state index is 0.0240. The summed E-state index contributed by atoms with van der Waals surface area (Å²) in [7, 11) is 0. The van der Waals surface area contributed by atoms with E-state index in [1.807, 2.05) is 0 Å². The van der Waals surface area contributed by atoms with Crippen LogP contribution >= 0.6 is 0 Å². The maximum absolute atomic E-state index is 10.4. The third-order valence-electron chi connectivity index (χ3n) is 3.23. The first-order chi connectivity index (χ1) is 7.65. The SMILES string of the molecule is C/C(CC(OC=O)C(C)C)=C1/CC=CCC1. The van der Waals surface area contributed by atoms with Crippen LogP contribution in [0.15, 0.2) is 23.3 Å². The fourth-order valence-corrected chi connectivity index (χ4v) is 2.05. The van der Waals surface area contributed by atoms with E-state index in [0.717, 1.165) is 25.7 Å². The van der Waals surface area contributed by atoms with Crippen molar-refractivity contribution >= 4 is 6.47 Å². The molecule has 1 atom stereocenters. The summed E-state index contributed by atoms with van der Waals surface area (Å²) in [6.45, 7) is 6.92. The molecule has 0 fully saturated rings. The van der Waals surface area contributed by atoms with E-state index in [9.17, 15) is 4.79 Å². The van der Waals surface area contributed by atoms with Gasteiger partial charge in [-0.15, -0.1) is 0 Å². The van der Waals surface area contributed by atoms with Gasteiger partial charge in [0, 0.05) is 6.42 Å². The summed E-state index contributed by atoms with van der Waals surface area (Å²) in [5, 5.41) is 0. The van der Waals surface area contributed by atoms with Gasteiger partial charge in [-0.1, -0.05) is 37.1 Å². The van der Waals surface area contributed by atoms with E-state index < -0.39 is 0 Å². The smallest absolute Gasteiger partial charge is 0.293 e. The molecule has 0 N–H and O–H groups in total. The van der Waals surface area contributed by atoms with Crippen molar-refractivity contribution in [1.29, 1.82) is 0 Å². The van der Waals surface area contributed by atoms with Crippen LogP contribution in [-0.4, -0.2) is 12.6 Å². The lowest BCUT2D eigenvalue weighted by Crippen LogP contribution is -2.20. The van der Waals surface area contributed by atoms with Gasteiger partial charge in [-0.05, 0) is 32.1 Å². The van der Waals surface area contributed by atoms with Crippen LogP contribution in [0.3, 0.4) is 0 Å². The Hall–Kier alpha value is -1.05. The highest BCUT2D eigenvalue weighted by Crippen LogP contribution is 2.25. The predicted molar refractivity (Wildman–Crippen MR) is 66.1 cm³/mol. The second-order valence-electron chi connectivity index (χ2n) is 4.82. The molecule has 1 aliphatic carbocycles. The van der Waals surface area contributed by atoms with E-state index in [1.54, 1.807) is 0 Å². The van der Waals surface area contributed by atoms with E-state index >= 15 is 0 Å². The first-order valence-electron chi connectivity index (χ1n) is 6.06. The third-order valence-corrected chi connectivity index (χ3v) is 3.23. The topological polar surface area (TPSA) is 26.3 Å². The standard InChI is InChI=1S/C14H22O2/c1-11(2)14(16-10-15)9-12(3)13-7-5-4-6-8-13/h4-5,10-11,14H,6-9H2,1-3H3/b13-12+. The zero-order chi connectivity index (χ0) is 12.0. The summed E-state index contributed by atoms with van der Waals surface area (Å²) in [5.74, 6) is 0.375. The molecule has 0 aromatic heterocycles. The largest absolute Gasteiger partial charge is 0.464 e. The average Bonchev–Trinajstić information content (AvgIpc) is 2.29. The number of allylic oxidation sites excluding steroid dienone is 3. The minimum atomic E-state index is 0.0240. The van der Waals surface area contributed by atoms with Gasteiger partial charge in [0.1, 0.15) is 6.10 Å².